The van der Waals surface area contributed by atoms with E-state index in [9.17, 15) is 4.79 Å². The largest absolute Gasteiger partial charge is 0.459 e. The fraction of sp³-hybridized carbons (Fsp3) is 0.545. The second-order valence-corrected chi connectivity index (χ2v) is 9.17. The summed E-state index contributed by atoms with van der Waals surface area (Å²) < 4.78 is 4.39. The van der Waals surface area contributed by atoms with Crippen molar-refractivity contribution in [2.75, 3.05) is 7.11 Å². The Morgan fingerprint density at radius 2 is 2.07 bits per heavy atom. The summed E-state index contributed by atoms with van der Waals surface area (Å²) >= 11 is 0. The summed E-state index contributed by atoms with van der Waals surface area (Å²) in [4.78, 5) is 10.6. The van der Waals surface area contributed by atoms with Crippen LogP contribution < -0.4 is 0 Å². The zero-order valence-corrected chi connectivity index (χ0v) is 10.4. The molecular formula is C11H18O2Si. The van der Waals surface area contributed by atoms with Gasteiger partial charge < -0.3 is 4.74 Å². The van der Waals surface area contributed by atoms with Crippen molar-refractivity contribution < 1.29 is 9.53 Å². The molecule has 0 N–H and O–H groups in total. The van der Waals surface area contributed by atoms with Crippen LogP contribution in [-0.4, -0.2) is 21.2 Å². The van der Waals surface area contributed by atoms with Gasteiger partial charge in [-0.2, -0.15) is 0 Å². The second kappa shape index (κ2) is 6.44. The Morgan fingerprint density at radius 3 is 2.57 bits per heavy atom. The molecule has 0 aliphatic rings. The predicted octanol–water partition coefficient (Wildman–Crippen LogP) is 2.38. The molecule has 0 rings (SSSR count). The monoisotopic (exact) mass is 210 g/mol. The van der Waals surface area contributed by atoms with E-state index in [1.807, 2.05) is 0 Å². The summed E-state index contributed by atoms with van der Waals surface area (Å²) in [5, 5.41) is 0. The van der Waals surface area contributed by atoms with Gasteiger partial charge in [-0.05, 0) is 6.42 Å². The maximum atomic E-state index is 10.6. The highest BCUT2D eigenvalue weighted by Crippen LogP contribution is 2.03. The molecule has 78 valence electrons. The minimum Gasteiger partial charge on any atom is -0.459 e. The summed E-state index contributed by atoms with van der Waals surface area (Å²) in [6.07, 6.45) is 3.78. The molecule has 3 heteroatoms. The first-order chi connectivity index (χ1) is 6.45. The normalized spacial score (nSPS) is 10.9. The number of unbranched alkanes of at least 4 members (excludes halogenated alkanes) is 1. The van der Waals surface area contributed by atoms with Crippen LogP contribution in [0.15, 0.2) is 11.8 Å². The van der Waals surface area contributed by atoms with E-state index in [0.29, 0.717) is 0 Å². The van der Waals surface area contributed by atoms with Gasteiger partial charge in [-0.3, -0.25) is 0 Å². The Kier molecular flexibility index (Phi) is 5.98. The molecule has 2 nitrogen and oxygen atoms in total. The van der Waals surface area contributed by atoms with Crippen LogP contribution in [0, 0.1) is 11.8 Å². The molecule has 0 amide bonds. The maximum Gasteiger partial charge on any atom is 0.384 e. The SMILES string of the molecule is COC(=O)C#CCC/C=C/[Si](C)(C)C. The maximum absolute atomic E-state index is 10.6. The van der Waals surface area contributed by atoms with Crippen molar-refractivity contribution in [3.8, 4) is 11.8 Å². The molecule has 0 spiro atoms. The van der Waals surface area contributed by atoms with E-state index in [4.69, 9.17) is 0 Å². The van der Waals surface area contributed by atoms with E-state index in [0.717, 1.165) is 12.8 Å². The third kappa shape index (κ3) is 9.08. The van der Waals surface area contributed by atoms with Gasteiger partial charge >= 0.3 is 5.97 Å². The fourth-order valence-electron chi connectivity index (χ4n) is 0.778. The minimum atomic E-state index is -1.07. The van der Waals surface area contributed by atoms with Crippen LogP contribution in [0.3, 0.4) is 0 Å². The topological polar surface area (TPSA) is 26.3 Å². The number of hydrogen-bond donors (Lipinski definition) is 0. The van der Waals surface area contributed by atoms with Crippen molar-refractivity contribution in [1.82, 2.24) is 0 Å². The van der Waals surface area contributed by atoms with Gasteiger partial charge in [0.15, 0.2) is 0 Å². The first kappa shape index (κ1) is 13.0. The average molecular weight is 210 g/mol. The smallest absolute Gasteiger partial charge is 0.384 e. The van der Waals surface area contributed by atoms with Gasteiger partial charge in [-0.25, -0.2) is 4.79 Å². The molecule has 0 atom stereocenters. The third-order valence-electron chi connectivity index (χ3n) is 1.43. The van der Waals surface area contributed by atoms with Gasteiger partial charge in [-0.1, -0.05) is 37.3 Å². The van der Waals surface area contributed by atoms with E-state index in [-0.39, 0.29) is 0 Å². The summed E-state index contributed by atoms with van der Waals surface area (Å²) in [6.45, 7) is 6.84. The van der Waals surface area contributed by atoms with Crippen molar-refractivity contribution in [3.05, 3.63) is 11.8 Å². The molecule has 0 radical (unpaired) electrons. The lowest BCUT2D eigenvalue weighted by molar-refractivity contribution is -0.133. The zero-order valence-electron chi connectivity index (χ0n) is 9.39. The Labute approximate surface area is 87.4 Å². The van der Waals surface area contributed by atoms with Crippen molar-refractivity contribution in [2.24, 2.45) is 0 Å². The zero-order chi connectivity index (χ0) is 11.0. The third-order valence-corrected chi connectivity index (χ3v) is 2.67. The highest BCUT2D eigenvalue weighted by molar-refractivity contribution is 6.80. The molecule has 0 aromatic carbocycles. The Hall–Kier alpha value is -1.01. The van der Waals surface area contributed by atoms with Crippen LogP contribution in [0.5, 0.6) is 0 Å². The van der Waals surface area contributed by atoms with E-state index < -0.39 is 14.0 Å². The number of esters is 1. The van der Waals surface area contributed by atoms with Crippen LogP contribution in [0.25, 0.3) is 0 Å². The quantitative estimate of drug-likeness (QED) is 0.235. The van der Waals surface area contributed by atoms with Gasteiger partial charge in [0, 0.05) is 12.3 Å². The van der Waals surface area contributed by atoms with Gasteiger partial charge in [0.05, 0.1) is 15.2 Å². The van der Waals surface area contributed by atoms with Gasteiger partial charge in [0.1, 0.15) is 0 Å². The molecule has 0 saturated heterocycles. The van der Waals surface area contributed by atoms with Crippen LogP contribution in [0.1, 0.15) is 12.8 Å². The molecule has 0 bridgehead atoms. The predicted molar refractivity (Wildman–Crippen MR) is 61.5 cm³/mol. The summed E-state index contributed by atoms with van der Waals surface area (Å²) in [6, 6.07) is 0. The Balaban J connectivity index is 3.70. The molecule has 0 aromatic heterocycles. The number of rotatable bonds is 3. The van der Waals surface area contributed by atoms with Crippen LogP contribution >= 0.6 is 0 Å². The number of carbonyl (C=O) groups excluding carboxylic acids is 1. The number of hydrogen-bond acceptors (Lipinski definition) is 2. The Bertz CT molecular complexity index is 263. The van der Waals surface area contributed by atoms with E-state index in [1.165, 1.54) is 7.11 Å². The fourth-order valence-corrected chi connectivity index (χ4v) is 1.65. The molecule has 14 heavy (non-hydrogen) atoms. The van der Waals surface area contributed by atoms with Crippen molar-refractivity contribution in [2.45, 2.75) is 32.5 Å². The lowest BCUT2D eigenvalue weighted by Gasteiger charge is -2.07. The molecule has 0 fully saturated rings. The van der Waals surface area contributed by atoms with Crippen molar-refractivity contribution in [3.63, 3.8) is 0 Å². The molecule has 0 aliphatic heterocycles. The summed E-state index contributed by atoms with van der Waals surface area (Å²) in [5.41, 5.74) is 2.28. The van der Waals surface area contributed by atoms with Crippen LogP contribution in [-0.2, 0) is 9.53 Å². The lowest BCUT2D eigenvalue weighted by atomic mass is 10.3. The summed E-state index contributed by atoms with van der Waals surface area (Å²) in [7, 11) is 0.269. The van der Waals surface area contributed by atoms with Gasteiger partial charge in [0.25, 0.3) is 0 Å². The molecule has 0 unspecified atom stereocenters. The van der Waals surface area contributed by atoms with Crippen molar-refractivity contribution >= 4 is 14.0 Å². The van der Waals surface area contributed by atoms with Gasteiger partial charge in [-0.15, -0.1) is 0 Å². The number of allylic oxidation sites excluding steroid dienone is 1. The number of carbonyl (C=O) groups is 1. The lowest BCUT2D eigenvalue weighted by Crippen LogP contribution is -2.15. The highest BCUT2D eigenvalue weighted by atomic mass is 28.3. The highest BCUT2D eigenvalue weighted by Gasteiger charge is 2.05. The van der Waals surface area contributed by atoms with E-state index in [1.54, 1.807) is 0 Å². The van der Waals surface area contributed by atoms with Gasteiger partial charge in [0.2, 0.25) is 0 Å². The molecular weight excluding hydrogens is 192 g/mol. The first-order valence-corrected chi connectivity index (χ1v) is 8.28. The summed E-state index contributed by atoms with van der Waals surface area (Å²) in [5.74, 6) is 4.70. The minimum absolute atomic E-state index is 0.459. The van der Waals surface area contributed by atoms with Crippen LogP contribution in [0.4, 0.5) is 0 Å². The molecule has 0 aromatic rings. The van der Waals surface area contributed by atoms with E-state index >= 15 is 0 Å². The van der Waals surface area contributed by atoms with Crippen LogP contribution in [0.2, 0.25) is 19.6 Å². The van der Waals surface area contributed by atoms with E-state index in [2.05, 4.69) is 48.0 Å². The van der Waals surface area contributed by atoms with Crippen molar-refractivity contribution in [1.29, 1.82) is 0 Å². The number of ether oxygens (including phenoxy) is 1. The number of methoxy groups -OCH3 is 1. The average Bonchev–Trinajstić information content (AvgIpc) is 2.08. The standard InChI is InChI=1S/C11H18O2Si/c1-13-11(12)9-7-5-6-8-10-14(2,3)4/h8,10H,5-6H2,1-4H3/b10-8+. The second-order valence-electron chi connectivity index (χ2n) is 4.10. The molecule has 0 heterocycles. The molecule has 0 aliphatic carbocycles. The Morgan fingerprint density at radius 1 is 1.43 bits per heavy atom. The first-order valence-electron chi connectivity index (χ1n) is 4.70. The molecule has 0 saturated carbocycles.